The molecule has 4 aliphatic rings. The van der Waals surface area contributed by atoms with Gasteiger partial charge in [-0.05, 0) is 18.8 Å². The van der Waals surface area contributed by atoms with Crippen molar-refractivity contribution in [3.05, 3.63) is 22.7 Å². The number of hydrogen-bond acceptors (Lipinski definition) is 4. The molecule has 23 heavy (non-hydrogen) atoms. The Hall–Kier alpha value is -2.00. The number of unbranched alkanes of at least 4 members (excludes halogenated alkanes) is 1. The van der Waals surface area contributed by atoms with E-state index in [9.17, 15) is 5.26 Å². The number of quaternary nitrogens is 1. The van der Waals surface area contributed by atoms with Gasteiger partial charge in [0.05, 0.1) is 30.6 Å². The maximum absolute atomic E-state index is 9.83. The molecule has 2 bridgehead atoms. The molecule has 5 rings (SSSR count). The van der Waals surface area contributed by atoms with Crippen LogP contribution in [-0.4, -0.2) is 29.8 Å². The zero-order valence-corrected chi connectivity index (χ0v) is 13.6. The van der Waals surface area contributed by atoms with Crippen LogP contribution in [-0.2, 0) is 11.8 Å². The third-order valence-electron chi connectivity index (χ3n) is 5.96. The van der Waals surface area contributed by atoms with Crippen LogP contribution in [0.3, 0.4) is 0 Å². The summed E-state index contributed by atoms with van der Waals surface area (Å²) in [5.74, 6) is 1.32. The van der Waals surface area contributed by atoms with Crippen molar-refractivity contribution in [3.8, 4) is 11.9 Å². The quantitative estimate of drug-likeness (QED) is 0.752. The van der Waals surface area contributed by atoms with E-state index < -0.39 is 0 Å². The lowest BCUT2D eigenvalue weighted by molar-refractivity contribution is -0.921. The molecule has 3 saturated heterocycles. The zero-order chi connectivity index (χ0) is 16.0. The standard InChI is InChI=1S/C17H23N5O/c1-2-3-4-13-14-16(21-20-13)23-15(19)12(9-18)17(14)10-22-7-5-11(17)6-8-22/h11H,2-8,10,19H2,1H3,(H,20,21)/p+1/t17-/m1/s1. The Labute approximate surface area is 136 Å². The normalized spacial score (nSPS) is 31.8. The maximum atomic E-state index is 9.83. The fourth-order valence-corrected chi connectivity index (χ4v) is 4.90. The number of nitrogens with zero attached hydrogens (tertiary/aromatic N) is 2. The highest BCUT2D eigenvalue weighted by Gasteiger charge is 2.59. The number of hydrogen-bond donors (Lipinski definition) is 3. The first-order valence-corrected chi connectivity index (χ1v) is 8.70. The average Bonchev–Trinajstić information content (AvgIpc) is 2.97. The van der Waals surface area contributed by atoms with Crippen LogP contribution in [0.25, 0.3) is 0 Å². The predicted octanol–water partition coefficient (Wildman–Crippen LogP) is 0.385. The second-order valence-corrected chi connectivity index (χ2v) is 7.11. The number of nitrogens with two attached hydrogens (primary N) is 1. The van der Waals surface area contributed by atoms with E-state index in [1.165, 1.54) is 13.1 Å². The molecular weight excluding hydrogens is 290 g/mol. The molecule has 0 unspecified atom stereocenters. The maximum Gasteiger partial charge on any atom is 0.244 e. The first kappa shape index (κ1) is 14.6. The lowest BCUT2D eigenvalue weighted by Crippen LogP contribution is -3.17. The number of aromatic amines is 1. The van der Waals surface area contributed by atoms with E-state index in [1.54, 1.807) is 4.90 Å². The highest BCUT2D eigenvalue weighted by molar-refractivity contribution is 5.55. The fraction of sp³-hybridized carbons (Fsp3) is 0.647. The fourth-order valence-electron chi connectivity index (χ4n) is 4.90. The van der Waals surface area contributed by atoms with Crippen LogP contribution >= 0.6 is 0 Å². The highest BCUT2D eigenvalue weighted by atomic mass is 16.5. The van der Waals surface area contributed by atoms with Gasteiger partial charge in [-0.1, -0.05) is 13.3 Å². The topological polar surface area (TPSA) is 92.2 Å². The van der Waals surface area contributed by atoms with Crippen molar-refractivity contribution in [2.75, 3.05) is 19.6 Å². The Kier molecular flexibility index (Phi) is 3.34. The molecular formula is C17H24N5O+. The van der Waals surface area contributed by atoms with Gasteiger partial charge < -0.3 is 15.4 Å². The SMILES string of the molecule is CCCCc1[nH]nc2c1[C@@]1(C[NH+]3CCC1CC3)C(C#N)=C(N)O2. The Morgan fingerprint density at radius 2 is 2.26 bits per heavy atom. The molecule has 6 nitrogen and oxygen atoms in total. The van der Waals surface area contributed by atoms with Gasteiger partial charge in [0.15, 0.2) is 0 Å². The Balaban J connectivity index is 1.89. The minimum Gasteiger partial charge on any atom is -0.420 e. The summed E-state index contributed by atoms with van der Waals surface area (Å²) < 4.78 is 5.71. The third-order valence-corrected chi connectivity index (χ3v) is 5.96. The van der Waals surface area contributed by atoms with Crippen molar-refractivity contribution < 1.29 is 9.64 Å². The second-order valence-electron chi connectivity index (χ2n) is 7.11. The summed E-state index contributed by atoms with van der Waals surface area (Å²) in [7, 11) is 0. The smallest absolute Gasteiger partial charge is 0.244 e. The number of aryl methyl sites for hydroxylation is 1. The molecule has 1 atom stereocenters. The predicted molar refractivity (Wildman–Crippen MR) is 84.6 cm³/mol. The van der Waals surface area contributed by atoms with E-state index in [0.29, 0.717) is 17.4 Å². The monoisotopic (exact) mass is 314 g/mol. The number of aromatic nitrogens is 2. The molecule has 6 heteroatoms. The van der Waals surface area contributed by atoms with Gasteiger partial charge >= 0.3 is 0 Å². The molecule has 4 aliphatic heterocycles. The summed E-state index contributed by atoms with van der Waals surface area (Å²) >= 11 is 0. The minimum atomic E-state index is -0.297. The lowest BCUT2D eigenvalue weighted by atomic mass is 9.58. The van der Waals surface area contributed by atoms with Gasteiger partial charge in [0.2, 0.25) is 11.8 Å². The summed E-state index contributed by atoms with van der Waals surface area (Å²) in [6.07, 6.45) is 5.47. The average molecular weight is 314 g/mol. The van der Waals surface area contributed by atoms with Crippen LogP contribution < -0.4 is 15.4 Å². The van der Waals surface area contributed by atoms with Crippen molar-refractivity contribution in [2.45, 2.75) is 44.4 Å². The molecule has 0 amide bonds. The van der Waals surface area contributed by atoms with E-state index >= 15 is 0 Å². The number of H-pyrrole nitrogens is 1. The number of ether oxygens (including phenoxy) is 1. The number of rotatable bonds is 3. The van der Waals surface area contributed by atoms with Crippen LogP contribution in [0.2, 0.25) is 0 Å². The molecule has 1 spiro atoms. The van der Waals surface area contributed by atoms with Gasteiger partial charge in [-0.2, -0.15) is 5.26 Å². The minimum absolute atomic E-state index is 0.252. The van der Waals surface area contributed by atoms with Crippen LogP contribution in [0.5, 0.6) is 5.88 Å². The summed E-state index contributed by atoms with van der Waals surface area (Å²) in [5.41, 5.74) is 8.71. The van der Waals surface area contributed by atoms with Crippen LogP contribution in [0.15, 0.2) is 11.5 Å². The molecule has 0 aromatic carbocycles. The molecule has 4 N–H and O–H groups in total. The molecule has 1 aromatic rings. The van der Waals surface area contributed by atoms with E-state index in [1.807, 2.05) is 0 Å². The number of nitrogens with one attached hydrogen (secondary N) is 2. The van der Waals surface area contributed by atoms with Crippen molar-refractivity contribution in [3.63, 3.8) is 0 Å². The van der Waals surface area contributed by atoms with Gasteiger partial charge in [0.25, 0.3) is 0 Å². The molecule has 5 heterocycles. The first-order valence-electron chi connectivity index (χ1n) is 8.70. The molecule has 0 radical (unpaired) electrons. The molecule has 3 fully saturated rings. The van der Waals surface area contributed by atoms with Crippen LogP contribution in [0.4, 0.5) is 0 Å². The highest BCUT2D eigenvalue weighted by Crippen LogP contribution is 2.51. The van der Waals surface area contributed by atoms with Gasteiger partial charge in [0, 0.05) is 18.5 Å². The van der Waals surface area contributed by atoms with Gasteiger partial charge in [-0.15, -0.1) is 5.10 Å². The molecule has 0 saturated carbocycles. The third kappa shape index (κ3) is 1.93. The molecule has 0 aliphatic carbocycles. The van der Waals surface area contributed by atoms with E-state index in [4.69, 9.17) is 10.5 Å². The number of nitriles is 1. The zero-order valence-electron chi connectivity index (χ0n) is 13.6. The Morgan fingerprint density at radius 1 is 1.48 bits per heavy atom. The lowest BCUT2D eigenvalue weighted by Gasteiger charge is -2.51. The van der Waals surface area contributed by atoms with Gasteiger partial charge in [-0.25, -0.2) is 0 Å². The van der Waals surface area contributed by atoms with Crippen molar-refractivity contribution in [1.29, 1.82) is 5.26 Å². The Morgan fingerprint density at radius 3 is 2.87 bits per heavy atom. The van der Waals surface area contributed by atoms with Crippen LogP contribution in [0, 0.1) is 17.2 Å². The van der Waals surface area contributed by atoms with E-state index in [2.05, 4.69) is 23.2 Å². The largest absolute Gasteiger partial charge is 0.420 e. The van der Waals surface area contributed by atoms with Gasteiger partial charge in [0.1, 0.15) is 11.6 Å². The number of fused-ring (bicyclic) bond motifs is 3. The summed E-state index contributed by atoms with van der Waals surface area (Å²) in [5, 5.41) is 17.4. The molecule has 1 aromatic heterocycles. The van der Waals surface area contributed by atoms with E-state index in [-0.39, 0.29) is 11.3 Å². The first-order chi connectivity index (χ1) is 11.2. The summed E-state index contributed by atoms with van der Waals surface area (Å²) in [4.78, 5) is 1.57. The van der Waals surface area contributed by atoms with Crippen molar-refractivity contribution in [1.82, 2.24) is 10.2 Å². The molecule has 122 valence electrons. The number of piperidine rings is 3. The Bertz CT molecular complexity index is 692. The second kappa shape index (κ2) is 5.27. The van der Waals surface area contributed by atoms with Crippen LogP contribution in [0.1, 0.15) is 43.9 Å². The van der Waals surface area contributed by atoms with Crippen molar-refractivity contribution in [2.24, 2.45) is 11.7 Å². The van der Waals surface area contributed by atoms with Crippen molar-refractivity contribution >= 4 is 0 Å². The summed E-state index contributed by atoms with van der Waals surface area (Å²) in [6, 6.07) is 2.39. The van der Waals surface area contributed by atoms with Gasteiger partial charge in [-0.3, -0.25) is 5.10 Å². The van der Waals surface area contributed by atoms with E-state index in [0.717, 1.165) is 49.9 Å². The summed E-state index contributed by atoms with van der Waals surface area (Å²) in [6.45, 7) is 5.52.